The lowest BCUT2D eigenvalue weighted by Crippen LogP contribution is -2.44. The molecule has 1 N–H and O–H groups in total. The van der Waals surface area contributed by atoms with Crippen molar-refractivity contribution in [1.29, 1.82) is 0 Å². The van der Waals surface area contributed by atoms with Crippen LogP contribution in [0.2, 0.25) is 0 Å². The molecule has 2 amide bonds. The van der Waals surface area contributed by atoms with E-state index in [0.717, 1.165) is 22.3 Å². The Hall–Kier alpha value is -2.84. The number of carbonyl (C=O) groups is 2. The van der Waals surface area contributed by atoms with E-state index in [-0.39, 0.29) is 10.2 Å². The van der Waals surface area contributed by atoms with Crippen LogP contribution in [-0.2, 0) is 4.79 Å². The monoisotopic (exact) mass is 398 g/mol. The normalized spacial score (nSPS) is 17.3. The third kappa shape index (κ3) is 3.67. The number of fused-ring (bicyclic) bond motifs is 1. The number of nitrogens with one attached hydrogen (secondary N) is 1. The van der Waals surface area contributed by atoms with Crippen LogP contribution >= 0.6 is 24.0 Å². The summed E-state index contributed by atoms with van der Waals surface area (Å²) in [5, 5.41) is 1.10. The van der Waals surface area contributed by atoms with Gasteiger partial charge in [0, 0.05) is 5.56 Å². The van der Waals surface area contributed by atoms with Crippen molar-refractivity contribution in [3.05, 3.63) is 64.6 Å². The molecule has 0 saturated carbocycles. The van der Waals surface area contributed by atoms with Crippen molar-refractivity contribution in [2.75, 3.05) is 13.2 Å². The molecule has 0 bridgehead atoms. The summed E-state index contributed by atoms with van der Waals surface area (Å²) in [6.07, 6.45) is 1.71. The lowest BCUT2D eigenvalue weighted by molar-refractivity contribution is -0.123. The van der Waals surface area contributed by atoms with Gasteiger partial charge in [-0.25, -0.2) is 0 Å². The van der Waals surface area contributed by atoms with Crippen LogP contribution in [0.4, 0.5) is 0 Å². The summed E-state index contributed by atoms with van der Waals surface area (Å²) in [5.74, 6) is 0.556. The van der Waals surface area contributed by atoms with Gasteiger partial charge in [0.15, 0.2) is 15.8 Å². The Labute approximate surface area is 165 Å². The molecule has 4 rings (SSSR count). The number of ether oxygens (including phenoxy) is 2. The van der Waals surface area contributed by atoms with Crippen molar-refractivity contribution >= 4 is 46.2 Å². The maximum atomic E-state index is 12.7. The van der Waals surface area contributed by atoms with Gasteiger partial charge in [-0.05, 0) is 48.1 Å². The number of thiocarbonyl (C=S) groups is 1. The Bertz CT molecular complexity index is 959. The first-order valence-electron chi connectivity index (χ1n) is 8.15. The maximum Gasteiger partial charge on any atom is 0.285 e. The van der Waals surface area contributed by atoms with Crippen LogP contribution in [0.3, 0.4) is 0 Å². The van der Waals surface area contributed by atoms with Crippen LogP contribution in [0.15, 0.2) is 53.4 Å². The van der Waals surface area contributed by atoms with Gasteiger partial charge in [-0.1, -0.05) is 36.0 Å². The van der Waals surface area contributed by atoms with Gasteiger partial charge in [-0.2, -0.15) is 5.01 Å². The van der Waals surface area contributed by atoms with Crippen LogP contribution in [0, 0.1) is 0 Å². The molecular formula is C19H14N2O4S2. The number of hydrazine groups is 1. The standard InChI is InChI=1S/C19H14N2O4S2/c22-17(13-4-2-1-3-5-13)20-21-18(23)16(27-19(21)26)11-12-6-7-14-15(10-12)25-9-8-24-14/h1-7,10-11H,8-9H2,(H,20,22)/b16-11-. The highest BCUT2D eigenvalue weighted by Gasteiger charge is 2.33. The number of rotatable bonds is 3. The van der Waals surface area contributed by atoms with Crippen molar-refractivity contribution in [3.8, 4) is 11.5 Å². The molecule has 27 heavy (non-hydrogen) atoms. The van der Waals surface area contributed by atoms with E-state index in [9.17, 15) is 9.59 Å². The largest absolute Gasteiger partial charge is 0.486 e. The summed E-state index contributed by atoms with van der Waals surface area (Å²) < 4.78 is 11.3. The zero-order valence-electron chi connectivity index (χ0n) is 14.0. The van der Waals surface area contributed by atoms with Crippen molar-refractivity contribution in [2.45, 2.75) is 0 Å². The lowest BCUT2D eigenvalue weighted by atomic mass is 10.1. The number of hydrogen-bond donors (Lipinski definition) is 1. The molecule has 2 heterocycles. The Morgan fingerprint density at radius 2 is 1.85 bits per heavy atom. The van der Waals surface area contributed by atoms with Gasteiger partial charge in [0.2, 0.25) is 0 Å². The highest BCUT2D eigenvalue weighted by atomic mass is 32.2. The number of amides is 2. The predicted molar refractivity (Wildman–Crippen MR) is 106 cm³/mol. The fourth-order valence-corrected chi connectivity index (χ4v) is 3.80. The third-order valence-electron chi connectivity index (χ3n) is 3.91. The van der Waals surface area contributed by atoms with Crippen LogP contribution in [0.1, 0.15) is 15.9 Å². The van der Waals surface area contributed by atoms with Crippen LogP contribution in [0.25, 0.3) is 6.08 Å². The lowest BCUT2D eigenvalue weighted by Gasteiger charge is -2.18. The second-order valence-electron chi connectivity index (χ2n) is 5.73. The number of thioether (sulfide) groups is 1. The van der Waals surface area contributed by atoms with Gasteiger partial charge < -0.3 is 9.47 Å². The van der Waals surface area contributed by atoms with Crippen LogP contribution < -0.4 is 14.9 Å². The summed E-state index contributed by atoms with van der Waals surface area (Å²) in [6.45, 7) is 1.01. The Morgan fingerprint density at radius 1 is 1.11 bits per heavy atom. The first-order chi connectivity index (χ1) is 13.1. The molecule has 0 unspecified atom stereocenters. The average Bonchev–Trinajstić information content (AvgIpc) is 2.96. The minimum Gasteiger partial charge on any atom is -0.486 e. The van der Waals surface area contributed by atoms with E-state index in [4.69, 9.17) is 21.7 Å². The first-order valence-corrected chi connectivity index (χ1v) is 9.38. The zero-order valence-corrected chi connectivity index (χ0v) is 15.6. The molecule has 0 radical (unpaired) electrons. The first kappa shape index (κ1) is 17.6. The number of nitrogens with zero attached hydrogens (tertiary/aromatic N) is 1. The fraction of sp³-hybridized carbons (Fsp3) is 0.105. The molecule has 8 heteroatoms. The molecule has 1 fully saturated rings. The van der Waals surface area contributed by atoms with E-state index in [2.05, 4.69) is 5.43 Å². The van der Waals surface area contributed by atoms with E-state index in [1.165, 1.54) is 0 Å². The molecule has 0 spiro atoms. The SMILES string of the molecule is O=C(NN1C(=O)/C(=C/c2ccc3c(c2)OCCO3)SC1=S)c1ccccc1. The number of hydrogen-bond acceptors (Lipinski definition) is 6. The molecular weight excluding hydrogens is 384 g/mol. The van der Waals surface area contributed by atoms with Gasteiger partial charge in [-0.15, -0.1) is 0 Å². The number of benzene rings is 2. The molecule has 6 nitrogen and oxygen atoms in total. The second-order valence-corrected chi connectivity index (χ2v) is 7.40. The summed E-state index contributed by atoms with van der Waals surface area (Å²) >= 11 is 6.38. The molecule has 0 aromatic heterocycles. The highest BCUT2D eigenvalue weighted by molar-refractivity contribution is 8.26. The summed E-state index contributed by atoms with van der Waals surface area (Å²) in [4.78, 5) is 25.4. The quantitative estimate of drug-likeness (QED) is 0.633. The highest BCUT2D eigenvalue weighted by Crippen LogP contribution is 2.35. The predicted octanol–water partition coefficient (Wildman–Crippen LogP) is 3.00. The zero-order chi connectivity index (χ0) is 18.8. The summed E-state index contributed by atoms with van der Waals surface area (Å²) in [5.41, 5.74) is 3.79. The smallest absolute Gasteiger partial charge is 0.285 e. The number of carbonyl (C=O) groups excluding carboxylic acids is 2. The van der Waals surface area contributed by atoms with Crippen molar-refractivity contribution < 1.29 is 19.1 Å². The maximum absolute atomic E-state index is 12.7. The molecule has 2 aliphatic rings. The molecule has 1 saturated heterocycles. The Balaban J connectivity index is 1.52. The van der Waals surface area contributed by atoms with Gasteiger partial charge in [0.1, 0.15) is 13.2 Å². The van der Waals surface area contributed by atoms with Crippen molar-refractivity contribution in [3.63, 3.8) is 0 Å². The summed E-state index contributed by atoms with van der Waals surface area (Å²) in [7, 11) is 0. The van der Waals surface area contributed by atoms with Crippen molar-refractivity contribution in [2.24, 2.45) is 0 Å². The van der Waals surface area contributed by atoms with Crippen molar-refractivity contribution in [1.82, 2.24) is 10.4 Å². The molecule has 136 valence electrons. The van der Waals surface area contributed by atoms with E-state index in [1.54, 1.807) is 36.4 Å². The van der Waals surface area contributed by atoms with E-state index >= 15 is 0 Å². The van der Waals surface area contributed by atoms with Gasteiger partial charge in [0.05, 0.1) is 4.91 Å². The average molecular weight is 398 g/mol. The molecule has 0 atom stereocenters. The second kappa shape index (κ2) is 7.42. The topological polar surface area (TPSA) is 67.9 Å². The van der Waals surface area contributed by atoms with E-state index < -0.39 is 5.91 Å². The molecule has 2 aromatic rings. The molecule has 0 aliphatic carbocycles. The van der Waals surface area contributed by atoms with Crippen LogP contribution in [-0.4, -0.2) is 34.4 Å². The van der Waals surface area contributed by atoms with Gasteiger partial charge in [-0.3, -0.25) is 15.0 Å². The van der Waals surface area contributed by atoms with Gasteiger partial charge >= 0.3 is 0 Å². The van der Waals surface area contributed by atoms with Crippen LogP contribution in [0.5, 0.6) is 11.5 Å². The third-order valence-corrected chi connectivity index (χ3v) is 5.21. The fourth-order valence-electron chi connectivity index (χ4n) is 2.62. The van der Waals surface area contributed by atoms with E-state index in [0.29, 0.717) is 35.2 Å². The van der Waals surface area contributed by atoms with Gasteiger partial charge in [0.25, 0.3) is 11.8 Å². The Kier molecular flexibility index (Phi) is 4.83. The van der Waals surface area contributed by atoms with E-state index in [1.807, 2.05) is 18.2 Å². The molecule has 2 aromatic carbocycles. The molecule has 2 aliphatic heterocycles. The summed E-state index contributed by atoms with van der Waals surface area (Å²) in [6, 6.07) is 14.1. The minimum atomic E-state index is -0.396. The minimum absolute atomic E-state index is 0.271. The Morgan fingerprint density at radius 3 is 2.63 bits per heavy atom.